The van der Waals surface area contributed by atoms with Gasteiger partial charge in [-0.3, -0.25) is 10.1 Å². The number of aryl methyl sites for hydroxylation is 1. The lowest BCUT2D eigenvalue weighted by Gasteiger charge is -2.05. The van der Waals surface area contributed by atoms with Gasteiger partial charge in [-0.05, 0) is 18.6 Å². The fourth-order valence-corrected chi connectivity index (χ4v) is 2.00. The minimum absolute atomic E-state index is 0.0801. The monoisotopic (exact) mass is 330 g/mol. The normalized spacial score (nSPS) is 10.6. The Morgan fingerprint density at radius 2 is 2.28 bits per heavy atom. The van der Waals surface area contributed by atoms with Gasteiger partial charge in [0.1, 0.15) is 5.02 Å². The molecule has 0 aliphatic heterocycles. The predicted molar refractivity (Wildman–Crippen MR) is 70.4 cm³/mol. The van der Waals surface area contributed by atoms with Crippen molar-refractivity contribution < 1.29 is 4.92 Å². The standard InChI is InChI=1S/C10H8BrClN4O2/c1-6-2-10(16(17)18)8(12)3-9(6)15-5-7(4-11)13-14-15/h2-3,5H,4H2,1H3. The zero-order valence-electron chi connectivity index (χ0n) is 9.30. The number of alkyl halides is 1. The number of nitro groups is 1. The third kappa shape index (κ3) is 2.37. The minimum atomic E-state index is -0.510. The molecule has 2 rings (SSSR count). The number of rotatable bonds is 3. The van der Waals surface area contributed by atoms with Gasteiger partial charge in [-0.15, -0.1) is 5.10 Å². The zero-order valence-corrected chi connectivity index (χ0v) is 11.6. The van der Waals surface area contributed by atoms with Gasteiger partial charge in [-0.25, -0.2) is 4.68 Å². The Morgan fingerprint density at radius 1 is 1.56 bits per heavy atom. The Morgan fingerprint density at radius 3 is 2.83 bits per heavy atom. The second kappa shape index (κ2) is 5.03. The van der Waals surface area contributed by atoms with Crippen molar-refractivity contribution in [1.29, 1.82) is 0 Å². The zero-order chi connectivity index (χ0) is 13.3. The largest absolute Gasteiger partial charge is 0.288 e. The van der Waals surface area contributed by atoms with Crippen molar-refractivity contribution in [2.24, 2.45) is 0 Å². The maximum absolute atomic E-state index is 10.8. The first kappa shape index (κ1) is 13.0. The molecular formula is C10H8BrClN4O2. The number of nitro benzene ring substituents is 1. The van der Waals surface area contributed by atoms with E-state index in [1.807, 2.05) is 0 Å². The lowest BCUT2D eigenvalue weighted by Crippen LogP contribution is -2.00. The van der Waals surface area contributed by atoms with Crippen LogP contribution in [-0.4, -0.2) is 19.9 Å². The van der Waals surface area contributed by atoms with Crippen molar-refractivity contribution >= 4 is 33.2 Å². The number of halogens is 2. The average molecular weight is 332 g/mol. The van der Waals surface area contributed by atoms with Crippen LogP contribution in [0.1, 0.15) is 11.3 Å². The summed E-state index contributed by atoms with van der Waals surface area (Å²) in [4.78, 5) is 10.2. The molecule has 0 saturated carbocycles. The molecule has 0 N–H and O–H groups in total. The Bertz CT molecular complexity index is 614. The second-order valence-electron chi connectivity index (χ2n) is 3.64. The van der Waals surface area contributed by atoms with E-state index in [9.17, 15) is 10.1 Å². The summed E-state index contributed by atoms with van der Waals surface area (Å²) in [6, 6.07) is 2.94. The molecule has 1 aromatic heterocycles. The first-order valence-corrected chi connectivity index (χ1v) is 6.45. The van der Waals surface area contributed by atoms with Gasteiger partial charge in [0, 0.05) is 11.4 Å². The molecule has 2 aromatic rings. The summed E-state index contributed by atoms with van der Waals surface area (Å²) in [6.45, 7) is 1.76. The van der Waals surface area contributed by atoms with E-state index < -0.39 is 4.92 Å². The Hall–Kier alpha value is -1.47. The number of benzene rings is 1. The Balaban J connectivity index is 2.52. The number of nitrogens with zero attached hydrogens (tertiary/aromatic N) is 4. The van der Waals surface area contributed by atoms with Crippen LogP contribution in [0.5, 0.6) is 0 Å². The summed E-state index contributed by atoms with van der Waals surface area (Å²) in [5.74, 6) is 0. The summed E-state index contributed by atoms with van der Waals surface area (Å²) in [5, 5.41) is 19.3. The van der Waals surface area contributed by atoms with Gasteiger partial charge < -0.3 is 0 Å². The Kier molecular flexibility index (Phi) is 3.63. The number of hydrogen-bond donors (Lipinski definition) is 0. The molecule has 0 bridgehead atoms. The van der Waals surface area contributed by atoms with Crippen molar-refractivity contribution in [3.63, 3.8) is 0 Å². The van der Waals surface area contributed by atoms with E-state index in [-0.39, 0.29) is 10.7 Å². The van der Waals surface area contributed by atoms with Crippen molar-refractivity contribution in [3.05, 3.63) is 44.7 Å². The molecule has 0 fully saturated rings. The topological polar surface area (TPSA) is 73.8 Å². The fraction of sp³-hybridized carbons (Fsp3) is 0.200. The molecule has 1 heterocycles. The van der Waals surface area contributed by atoms with Crippen LogP contribution in [0.15, 0.2) is 18.3 Å². The molecule has 0 radical (unpaired) electrons. The highest BCUT2D eigenvalue weighted by atomic mass is 79.9. The smallest absolute Gasteiger partial charge is 0.258 e. The van der Waals surface area contributed by atoms with E-state index in [1.54, 1.807) is 17.8 Å². The quantitative estimate of drug-likeness (QED) is 0.492. The molecule has 6 nitrogen and oxygen atoms in total. The van der Waals surface area contributed by atoms with E-state index in [0.717, 1.165) is 5.69 Å². The molecule has 18 heavy (non-hydrogen) atoms. The lowest BCUT2D eigenvalue weighted by atomic mass is 10.2. The molecular weight excluding hydrogens is 323 g/mol. The minimum Gasteiger partial charge on any atom is -0.258 e. The van der Waals surface area contributed by atoms with Crippen LogP contribution >= 0.6 is 27.5 Å². The summed E-state index contributed by atoms with van der Waals surface area (Å²) >= 11 is 9.15. The van der Waals surface area contributed by atoms with Gasteiger partial charge in [-0.2, -0.15) is 0 Å². The van der Waals surface area contributed by atoms with E-state index in [4.69, 9.17) is 11.6 Å². The first-order chi connectivity index (χ1) is 8.52. The van der Waals surface area contributed by atoms with E-state index in [0.29, 0.717) is 16.6 Å². The third-order valence-corrected chi connectivity index (χ3v) is 3.26. The van der Waals surface area contributed by atoms with Gasteiger partial charge in [0.25, 0.3) is 5.69 Å². The van der Waals surface area contributed by atoms with Gasteiger partial charge in [0.15, 0.2) is 0 Å². The average Bonchev–Trinajstić information content (AvgIpc) is 2.79. The number of hydrogen-bond acceptors (Lipinski definition) is 4. The summed E-state index contributed by atoms with van der Waals surface area (Å²) < 4.78 is 1.54. The molecule has 0 spiro atoms. The molecule has 0 aliphatic rings. The highest BCUT2D eigenvalue weighted by Gasteiger charge is 2.16. The fourth-order valence-electron chi connectivity index (χ4n) is 1.52. The molecule has 0 saturated heterocycles. The van der Waals surface area contributed by atoms with Gasteiger partial charge in [0.05, 0.1) is 22.5 Å². The predicted octanol–water partition coefficient (Wildman–Crippen LogP) is 3.03. The number of aromatic nitrogens is 3. The summed E-state index contributed by atoms with van der Waals surface area (Å²) in [7, 11) is 0. The highest BCUT2D eigenvalue weighted by Crippen LogP contribution is 2.29. The van der Waals surface area contributed by atoms with Crippen LogP contribution in [0.4, 0.5) is 5.69 Å². The van der Waals surface area contributed by atoms with Gasteiger partial charge in [-0.1, -0.05) is 32.7 Å². The van der Waals surface area contributed by atoms with Gasteiger partial charge >= 0.3 is 0 Å². The molecule has 0 unspecified atom stereocenters. The summed E-state index contributed by atoms with van der Waals surface area (Å²) in [6.07, 6.45) is 1.74. The van der Waals surface area contributed by atoms with Crippen molar-refractivity contribution in [2.45, 2.75) is 12.3 Å². The van der Waals surface area contributed by atoms with E-state index in [2.05, 4.69) is 26.2 Å². The van der Waals surface area contributed by atoms with Crippen molar-refractivity contribution in [1.82, 2.24) is 15.0 Å². The van der Waals surface area contributed by atoms with Crippen molar-refractivity contribution in [2.75, 3.05) is 0 Å². The van der Waals surface area contributed by atoms with E-state index in [1.165, 1.54) is 12.1 Å². The van der Waals surface area contributed by atoms with Crippen LogP contribution in [0.25, 0.3) is 5.69 Å². The van der Waals surface area contributed by atoms with E-state index >= 15 is 0 Å². The van der Waals surface area contributed by atoms with Crippen LogP contribution in [0, 0.1) is 17.0 Å². The summed E-state index contributed by atoms with van der Waals surface area (Å²) in [5.41, 5.74) is 2.03. The third-order valence-electron chi connectivity index (χ3n) is 2.39. The molecule has 94 valence electrons. The van der Waals surface area contributed by atoms with Gasteiger partial charge in [0.2, 0.25) is 0 Å². The second-order valence-corrected chi connectivity index (χ2v) is 4.60. The molecule has 0 atom stereocenters. The lowest BCUT2D eigenvalue weighted by molar-refractivity contribution is -0.384. The van der Waals surface area contributed by atoms with Crippen LogP contribution in [-0.2, 0) is 5.33 Å². The Labute approximate surface area is 116 Å². The van der Waals surface area contributed by atoms with Crippen LogP contribution in [0.3, 0.4) is 0 Å². The first-order valence-electron chi connectivity index (χ1n) is 4.95. The highest BCUT2D eigenvalue weighted by molar-refractivity contribution is 9.08. The van der Waals surface area contributed by atoms with Crippen LogP contribution in [0.2, 0.25) is 5.02 Å². The SMILES string of the molecule is Cc1cc([N+](=O)[O-])c(Cl)cc1-n1cc(CBr)nn1. The molecule has 0 aliphatic carbocycles. The molecule has 0 amide bonds. The maximum Gasteiger partial charge on any atom is 0.288 e. The van der Waals surface area contributed by atoms with Crippen LogP contribution < -0.4 is 0 Å². The maximum atomic E-state index is 10.8. The molecule has 1 aromatic carbocycles. The van der Waals surface area contributed by atoms with Crippen molar-refractivity contribution in [3.8, 4) is 5.69 Å². The molecule has 8 heteroatoms.